The van der Waals surface area contributed by atoms with E-state index in [1.54, 1.807) is 0 Å². The van der Waals surface area contributed by atoms with Crippen LogP contribution in [0.3, 0.4) is 0 Å². The maximum Gasteiger partial charge on any atom is 0 e. The first kappa shape index (κ1) is 24.2. The van der Waals surface area contributed by atoms with E-state index in [0.717, 1.165) is 12.8 Å². The van der Waals surface area contributed by atoms with Crippen molar-refractivity contribution in [1.29, 1.82) is 0 Å². The quantitative estimate of drug-likeness (QED) is 0.309. The molecule has 0 heterocycles. The normalized spacial score (nSPS) is 18.5. The molecule has 3 heteroatoms. The van der Waals surface area contributed by atoms with Crippen molar-refractivity contribution in [2.75, 3.05) is 0 Å². The maximum absolute atomic E-state index is 3.21. The van der Waals surface area contributed by atoms with Gasteiger partial charge in [-0.25, -0.2) is 0 Å². The van der Waals surface area contributed by atoms with Gasteiger partial charge in [-0.3, -0.25) is 12.2 Å². The predicted molar refractivity (Wildman–Crippen MR) is 70.8 cm³/mol. The Hall–Kier alpha value is 0.189. The molecular formula is C16H22Cl2Ir-4. The van der Waals surface area contributed by atoms with Gasteiger partial charge < -0.3 is 37.0 Å². The van der Waals surface area contributed by atoms with Crippen LogP contribution in [0.4, 0.5) is 0 Å². The zero-order valence-corrected chi connectivity index (χ0v) is 15.1. The van der Waals surface area contributed by atoms with Crippen LogP contribution < -0.4 is 24.8 Å². The summed E-state index contributed by atoms with van der Waals surface area (Å²) < 4.78 is 0. The molecule has 19 heavy (non-hydrogen) atoms. The Morgan fingerprint density at radius 3 is 1.32 bits per heavy atom. The van der Waals surface area contributed by atoms with Gasteiger partial charge >= 0.3 is 0 Å². The molecule has 0 bridgehead atoms. The van der Waals surface area contributed by atoms with Crippen LogP contribution in [-0.4, -0.2) is 0 Å². The van der Waals surface area contributed by atoms with Gasteiger partial charge in [0, 0.05) is 20.1 Å². The Morgan fingerprint density at radius 2 is 0.895 bits per heavy atom. The van der Waals surface area contributed by atoms with Crippen molar-refractivity contribution in [3.63, 3.8) is 0 Å². The van der Waals surface area contributed by atoms with Crippen molar-refractivity contribution in [2.24, 2.45) is 0 Å². The molecule has 0 fully saturated rings. The van der Waals surface area contributed by atoms with E-state index in [0.29, 0.717) is 0 Å². The molecule has 0 aromatic rings. The Kier molecular flexibility index (Phi) is 26.1. The second-order valence-electron chi connectivity index (χ2n) is 3.99. The fourth-order valence-corrected chi connectivity index (χ4v) is 1.57. The van der Waals surface area contributed by atoms with Crippen molar-refractivity contribution < 1.29 is 44.9 Å². The molecule has 0 saturated carbocycles. The van der Waals surface area contributed by atoms with E-state index in [1.807, 2.05) is 0 Å². The molecule has 1 radical (unpaired) electrons. The Bertz CT molecular complexity index is 188. The van der Waals surface area contributed by atoms with Crippen LogP contribution in [0, 0.1) is 12.2 Å². The number of allylic oxidation sites excluding steroid dienone is 8. The summed E-state index contributed by atoms with van der Waals surface area (Å²) in [6.45, 7) is 0. The number of halogens is 2. The zero-order valence-electron chi connectivity index (χ0n) is 11.2. The standard InChI is InChI=1S/2C8H11.2ClH.Ir/c2*1-2-4-6-8-7-5-3-1;;;/h2*1-2,7H,3-6H2;2*1H;/q2*-1;;;/p-2/b2-1-;;;;. The number of hydrogen-bond acceptors (Lipinski definition) is 0. The molecule has 0 amide bonds. The minimum Gasteiger partial charge on any atom is -1.00 e. The fourth-order valence-electron chi connectivity index (χ4n) is 1.57. The summed E-state index contributed by atoms with van der Waals surface area (Å²) in [4.78, 5) is 0. The molecule has 2 aliphatic carbocycles. The van der Waals surface area contributed by atoms with Gasteiger partial charge in [0.25, 0.3) is 0 Å². The molecule has 0 N–H and O–H groups in total. The van der Waals surface area contributed by atoms with Gasteiger partial charge in [-0.15, -0.1) is 0 Å². The molecule has 0 nitrogen and oxygen atoms in total. The first-order chi connectivity index (χ1) is 8.00. The molecule has 0 atom stereocenters. The topological polar surface area (TPSA) is 0 Å². The fraction of sp³-hybridized carbons (Fsp3) is 0.500. The van der Waals surface area contributed by atoms with Crippen LogP contribution in [0.2, 0.25) is 0 Å². The summed E-state index contributed by atoms with van der Waals surface area (Å²) in [5.74, 6) is 0. The van der Waals surface area contributed by atoms with Gasteiger partial charge in [0.1, 0.15) is 0 Å². The Labute approximate surface area is 144 Å². The van der Waals surface area contributed by atoms with Gasteiger partial charge in [-0.2, -0.15) is 12.8 Å². The number of rotatable bonds is 0. The maximum atomic E-state index is 3.21. The SMILES string of the molecule is [C-]1=CCC/C=C\CC1.[C-]1=CCCC=CCC1.[Cl-].[Cl-].[Ir]. The van der Waals surface area contributed by atoms with E-state index in [4.69, 9.17) is 0 Å². The van der Waals surface area contributed by atoms with Crippen LogP contribution in [0.5, 0.6) is 0 Å². The van der Waals surface area contributed by atoms with Crippen molar-refractivity contribution in [3.8, 4) is 0 Å². The van der Waals surface area contributed by atoms with Crippen molar-refractivity contribution in [1.82, 2.24) is 0 Å². The summed E-state index contributed by atoms with van der Waals surface area (Å²) >= 11 is 0. The molecule has 0 spiro atoms. The summed E-state index contributed by atoms with van der Waals surface area (Å²) in [5, 5.41) is 0. The third-order valence-corrected chi connectivity index (χ3v) is 2.49. The van der Waals surface area contributed by atoms with Crippen LogP contribution in [0.1, 0.15) is 51.4 Å². The van der Waals surface area contributed by atoms with E-state index in [-0.39, 0.29) is 44.9 Å². The van der Waals surface area contributed by atoms with Gasteiger partial charge in [-0.1, -0.05) is 50.0 Å². The molecule has 0 saturated heterocycles. The van der Waals surface area contributed by atoms with Crippen LogP contribution in [0.15, 0.2) is 36.5 Å². The molecule has 0 aromatic carbocycles. The van der Waals surface area contributed by atoms with Gasteiger partial charge in [0.05, 0.1) is 0 Å². The largest absolute Gasteiger partial charge is 1.00 e. The van der Waals surface area contributed by atoms with E-state index >= 15 is 0 Å². The van der Waals surface area contributed by atoms with E-state index in [9.17, 15) is 0 Å². The molecule has 2 rings (SSSR count). The van der Waals surface area contributed by atoms with E-state index in [2.05, 4.69) is 48.6 Å². The predicted octanol–water partition coefficient (Wildman–Crippen LogP) is -1.04. The smallest absolute Gasteiger partial charge is 0 e. The van der Waals surface area contributed by atoms with Crippen LogP contribution in [0.25, 0.3) is 0 Å². The summed E-state index contributed by atoms with van der Waals surface area (Å²) in [5.41, 5.74) is 0. The zero-order chi connectivity index (χ0) is 11.3. The molecular weight excluding hydrogens is 455 g/mol. The average molecular weight is 477 g/mol. The van der Waals surface area contributed by atoms with E-state index < -0.39 is 0 Å². The Balaban J connectivity index is -0.000000233. The second kappa shape index (κ2) is 20.5. The third-order valence-electron chi connectivity index (χ3n) is 2.49. The van der Waals surface area contributed by atoms with Crippen molar-refractivity contribution in [2.45, 2.75) is 51.4 Å². The van der Waals surface area contributed by atoms with Crippen molar-refractivity contribution in [3.05, 3.63) is 48.6 Å². The molecule has 2 aliphatic rings. The summed E-state index contributed by atoms with van der Waals surface area (Å²) in [6.07, 6.45) is 29.0. The third kappa shape index (κ3) is 18.2. The minimum atomic E-state index is 0. The molecule has 0 aromatic heterocycles. The summed E-state index contributed by atoms with van der Waals surface area (Å²) in [6, 6.07) is 0. The van der Waals surface area contributed by atoms with Gasteiger partial charge in [0.2, 0.25) is 0 Å². The average Bonchev–Trinajstić information content (AvgIpc) is 2.15. The number of hydrogen-bond donors (Lipinski definition) is 0. The molecule has 0 aliphatic heterocycles. The monoisotopic (exact) mass is 477 g/mol. The first-order valence-corrected chi connectivity index (χ1v) is 6.40. The first-order valence-electron chi connectivity index (χ1n) is 6.40. The van der Waals surface area contributed by atoms with E-state index in [1.165, 1.54) is 38.5 Å². The van der Waals surface area contributed by atoms with Gasteiger partial charge in [-0.05, 0) is 12.8 Å². The minimum absolute atomic E-state index is 0. The van der Waals surface area contributed by atoms with Crippen molar-refractivity contribution >= 4 is 0 Å². The molecule has 113 valence electrons. The Morgan fingerprint density at radius 1 is 0.526 bits per heavy atom. The molecule has 0 unspecified atom stereocenters. The second-order valence-corrected chi connectivity index (χ2v) is 3.99. The van der Waals surface area contributed by atoms with Crippen LogP contribution >= 0.6 is 0 Å². The summed E-state index contributed by atoms with van der Waals surface area (Å²) in [7, 11) is 0. The van der Waals surface area contributed by atoms with Crippen LogP contribution in [-0.2, 0) is 20.1 Å². The van der Waals surface area contributed by atoms with Gasteiger partial charge in [0.15, 0.2) is 0 Å².